The smallest absolute Gasteiger partial charge is 0.255 e. The first-order valence-corrected chi connectivity index (χ1v) is 12.3. The molecule has 2 aliphatic heterocycles. The fourth-order valence-electron chi connectivity index (χ4n) is 5.08. The third kappa shape index (κ3) is 4.07. The predicted molar refractivity (Wildman–Crippen MR) is 138 cm³/mol. The van der Waals surface area contributed by atoms with Crippen LogP contribution in [0.5, 0.6) is 5.88 Å². The van der Waals surface area contributed by atoms with Gasteiger partial charge in [0.25, 0.3) is 5.91 Å². The van der Waals surface area contributed by atoms with Gasteiger partial charge in [0, 0.05) is 31.1 Å². The van der Waals surface area contributed by atoms with E-state index in [2.05, 4.69) is 43.4 Å². The largest absolute Gasteiger partial charge is 0.474 e. The summed E-state index contributed by atoms with van der Waals surface area (Å²) >= 11 is 0. The Morgan fingerprint density at radius 2 is 1.89 bits per heavy atom. The van der Waals surface area contributed by atoms with Crippen LogP contribution in [0, 0.1) is 0 Å². The number of nitrogens with one attached hydrogen (secondary N) is 2. The van der Waals surface area contributed by atoms with E-state index >= 15 is 0 Å². The molecule has 36 heavy (non-hydrogen) atoms. The van der Waals surface area contributed by atoms with Crippen molar-refractivity contribution in [2.75, 3.05) is 18.1 Å². The molecule has 2 aromatic carbocycles. The Morgan fingerprint density at radius 3 is 2.69 bits per heavy atom. The monoisotopic (exact) mass is 483 g/mol. The molecule has 0 spiro atoms. The first-order valence-electron chi connectivity index (χ1n) is 12.3. The molecule has 0 unspecified atom stereocenters. The zero-order valence-corrected chi connectivity index (χ0v) is 20.5. The number of carbonyl (C=O) groups is 1. The number of hydrogen-bond donors (Lipinski definition) is 2. The molecule has 0 bridgehead atoms. The van der Waals surface area contributed by atoms with E-state index in [1.54, 1.807) is 0 Å². The Hall–Kier alpha value is -3.91. The van der Waals surface area contributed by atoms with Crippen LogP contribution in [0.1, 0.15) is 42.6 Å². The number of H-pyrrole nitrogens is 1. The fourth-order valence-corrected chi connectivity index (χ4v) is 5.08. The summed E-state index contributed by atoms with van der Waals surface area (Å²) in [4.78, 5) is 27.4. The number of hydrogen-bond acceptors (Lipinski definition) is 6. The van der Waals surface area contributed by atoms with Crippen molar-refractivity contribution in [1.82, 2.24) is 20.3 Å². The zero-order valence-electron chi connectivity index (χ0n) is 20.5. The second kappa shape index (κ2) is 8.95. The topological polar surface area (TPSA) is 92.4 Å². The van der Waals surface area contributed by atoms with Crippen LogP contribution in [0.15, 0.2) is 61.1 Å². The number of aromatic amines is 1. The summed E-state index contributed by atoms with van der Waals surface area (Å²) in [5.74, 6) is 0.497. The standard InChI is InChI=1S/C28H29N5O3/c1-28(2)32-26(34)21-9-8-19(14-23(21)33(28)16-18-6-4-3-5-7-18)22-15-29-25-24(22)27(31-17-30-25)36-20-10-12-35-13-11-20/h3-9,14-15,17,20H,10-13,16H2,1-2H3,(H,32,34)(H,29,30,31). The number of rotatable bonds is 5. The van der Waals surface area contributed by atoms with Gasteiger partial charge >= 0.3 is 0 Å². The molecule has 0 radical (unpaired) electrons. The van der Waals surface area contributed by atoms with Gasteiger partial charge in [-0.25, -0.2) is 9.97 Å². The van der Waals surface area contributed by atoms with Crippen molar-refractivity contribution in [2.45, 2.75) is 45.0 Å². The number of aromatic nitrogens is 3. The number of anilines is 1. The number of carbonyl (C=O) groups excluding carboxylic acids is 1. The molecule has 0 atom stereocenters. The molecule has 0 saturated carbocycles. The van der Waals surface area contributed by atoms with Gasteiger partial charge in [-0.15, -0.1) is 0 Å². The van der Waals surface area contributed by atoms with Crippen molar-refractivity contribution in [3.8, 4) is 17.0 Å². The van der Waals surface area contributed by atoms with Crippen molar-refractivity contribution in [1.29, 1.82) is 0 Å². The minimum absolute atomic E-state index is 0.0639. The van der Waals surface area contributed by atoms with E-state index in [4.69, 9.17) is 9.47 Å². The van der Waals surface area contributed by atoms with Gasteiger partial charge < -0.3 is 24.7 Å². The van der Waals surface area contributed by atoms with Gasteiger partial charge in [-0.1, -0.05) is 36.4 Å². The molecule has 2 aromatic heterocycles. The second-order valence-electron chi connectivity index (χ2n) is 9.85. The van der Waals surface area contributed by atoms with E-state index in [1.807, 2.05) is 50.4 Å². The number of fused-ring (bicyclic) bond motifs is 2. The summed E-state index contributed by atoms with van der Waals surface area (Å²) in [6.07, 6.45) is 5.20. The highest BCUT2D eigenvalue weighted by atomic mass is 16.5. The number of benzene rings is 2. The van der Waals surface area contributed by atoms with Gasteiger partial charge in [0.1, 0.15) is 23.7 Å². The van der Waals surface area contributed by atoms with Crippen LogP contribution in [0.4, 0.5) is 5.69 Å². The zero-order chi connectivity index (χ0) is 24.7. The molecule has 8 nitrogen and oxygen atoms in total. The van der Waals surface area contributed by atoms with Crippen LogP contribution in [-0.4, -0.2) is 45.8 Å². The highest BCUT2D eigenvalue weighted by Gasteiger charge is 2.37. The first kappa shape index (κ1) is 22.5. The first-order chi connectivity index (χ1) is 17.5. The lowest BCUT2D eigenvalue weighted by atomic mass is 9.96. The molecule has 2 aliphatic rings. The summed E-state index contributed by atoms with van der Waals surface area (Å²) in [7, 11) is 0. The van der Waals surface area contributed by atoms with Crippen molar-refractivity contribution in [3.05, 3.63) is 72.2 Å². The summed E-state index contributed by atoms with van der Waals surface area (Å²) < 4.78 is 11.8. The molecular weight excluding hydrogens is 454 g/mol. The molecule has 2 N–H and O–H groups in total. The number of amides is 1. The lowest BCUT2D eigenvalue weighted by Crippen LogP contribution is -2.60. The Morgan fingerprint density at radius 1 is 1.08 bits per heavy atom. The summed E-state index contributed by atoms with van der Waals surface area (Å²) in [6.45, 7) is 6.11. The molecule has 1 fully saturated rings. The number of ether oxygens (including phenoxy) is 2. The van der Waals surface area contributed by atoms with Crippen LogP contribution in [0.3, 0.4) is 0 Å². The van der Waals surface area contributed by atoms with Gasteiger partial charge in [0.05, 0.1) is 29.9 Å². The van der Waals surface area contributed by atoms with Crippen LogP contribution >= 0.6 is 0 Å². The summed E-state index contributed by atoms with van der Waals surface area (Å²) in [5.41, 5.74) is 4.80. The van der Waals surface area contributed by atoms with Crippen LogP contribution in [0.2, 0.25) is 0 Å². The third-order valence-corrected chi connectivity index (χ3v) is 7.00. The lowest BCUT2D eigenvalue weighted by Gasteiger charge is -2.45. The third-order valence-electron chi connectivity index (χ3n) is 7.00. The van der Waals surface area contributed by atoms with Crippen LogP contribution < -0.4 is 15.0 Å². The Bertz CT molecular complexity index is 1410. The van der Waals surface area contributed by atoms with E-state index in [0.29, 0.717) is 31.2 Å². The quantitative estimate of drug-likeness (QED) is 0.429. The maximum absolute atomic E-state index is 13.0. The van der Waals surface area contributed by atoms with Crippen LogP contribution in [-0.2, 0) is 11.3 Å². The van der Waals surface area contributed by atoms with Crippen LogP contribution in [0.25, 0.3) is 22.2 Å². The van der Waals surface area contributed by atoms with E-state index in [1.165, 1.54) is 11.9 Å². The Kier molecular flexibility index (Phi) is 5.60. The van der Waals surface area contributed by atoms with E-state index < -0.39 is 5.66 Å². The maximum atomic E-state index is 13.0. The molecule has 6 rings (SSSR count). The van der Waals surface area contributed by atoms with Gasteiger partial charge in [-0.05, 0) is 37.1 Å². The average Bonchev–Trinajstić information content (AvgIpc) is 3.33. The summed E-state index contributed by atoms with van der Waals surface area (Å²) in [5, 5.41) is 4.00. The van der Waals surface area contributed by atoms with E-state index in [-0.39, 0.29) is 12.0 Å². The molecule has 0 aliphatic carbocycles. The molecule has 4 heterocycles. The minimum Gasteiger partial charge on any atom is -0.474 e. The molecule has 1 saturated heterocycles. The highest BCUT2D eigenvalue weighted by Crippen LogP contribution is 2.39. The Balaban J connectivity index is 1.43. The average molecular weight is 484 g/mol. The van der Waals surface area contributed by atoms with Gasteiger partial charge in [-0.2, -0.15) is 0 Å². The molecule has 1 amide bonds. The highest BCUT2D eigenvalue weighted by molar-refractivity contribution is 6.04. The molecule has 8 heteroatoms. The molecule has 184 valence electrons. The van der Waals surface area contributed by atoms with Crippen molar-refractivity contribution < 1.29 is 14.3 Å². The van der Waals surface area contributed by atoms with Crippen molar-refractivity contribution in [2.24, 2.45) is 0 Å². The van der Waals surface area contributed by atoms with Gasteiger partial charge in [0.15, 0.2) is 0 Å². The predicted octanol–water partition coefficient (Wildman–Crippen LogP) is 4.67. The fraction of sp³-hybridized carbons (Fsp3) is 0.321. The van der Waals surface area contributed by atoms with Crippen molar-refractivity contribution in [3.63, 3.8) is 0 Å². The molecule has 4 aromatic rings. The van der Waals surface area contributed by atoms with Gasteiger partial charge in [-0.3, -0.25) is 4.79 Å². The lowest BCUT2D eigenvalue weighted by molar-refractivity contribution is 0.0244. The Labute approximate surface area is 209 Å². The van der Waals surface area contributed by atoms with E-state index in [9.17, 15) is 4.79 Å². The number of nitrogens with zero attached hydrogens (tertiary/aromatic N) is 3. The van der Waals surface area contributed by atoms with Gasteiger partial charge in [0.2, 0.25) is 5.88 Å². The second-order valence-corrected chi connectivity index (χ2v) is 9.85. The van der Waals surface area contributed by atoms with E-state index in [0.717, 1.165) is 40.7 Å². The maximum Gasteiger partial charge on any atom is 0.255 e. The molecular formula is C28H29N5O3. The summed E-state index contributed by atoms with van der Waals surface area (Å²) in [6, 6.07) is 16.3. The SMILES string of the molecule is CC1(C)NC(=O)c2ccc(-c3c[nH]c4ncnc(OC5CCOCC5)c34)cc2N1Cc1ccccc1. The minimum atomic E-state index is -0.556. The normalized spacial score (nSPS) is 17.6. The van der Waals surface area contributed by atoms with Crippen molar-refractivity contribution >= 4 is 22.6 Å².